The Hall–Kier alpha value is -1.83. The van der Waals surface area contributed by atoms with E-state index in [1.54, 1.807) is 18.2 Å². The smallest absolute Gasteiger partial charge is 0.133 e. The average molecular weight is 202 g/mol. The molecular weight excluding hydrogens is 191 g/mol. The third-order valence-corrected chi connectivity index (χ3v) is 2.09. The molecule has 0 bridgehead atoms. The zero-order valence-corrected chi connectivity index (χ0v) is 8.19. The van der Waals surface area contributed by atoms with E-state index in [-0.39, 0.29) is 0 Å². The number of para-hydroxylation sites is 2. The molecule has 0 aliphatic heterocycles. The van der Waals surface area contributed by atoms with E-state index in [0.29, 0.717) is 11.3 Å². The molecule has 2 rings (SSSR count). The van der Waals surface area contributed by atoms with E-state index >= 15 is 0 Å². The number of halogens is 1. The Bertz CT molecular complexity index is 426. The van der Waals surface area contributed by atoms with Gasteiger partial charge in [-0.3, -0.25) is 0 Å². The van der Waals surface area contributed by atoms with E-state index in [4.69, 9.17) is 4.74 Å². The van der Waals surface area contributed by atoms with Gasteiger partial charge in [0.2, 0.25) is 0 Å². The lowest BCUT2D eigenvalue weighted by Crippen LogP contribution is -1.88. The summed E-state index contributed by atoms with van der Waals surface area (Å²) in [5, 5.41) is 0. The lowest BCUT2D eigenvalue weighted by molar-refractivity contribution is 0.439. The molecule has 0 aromatic heterocycles. The van der Waals surface area contributed by atoms with Crippen LogP contribution in [-0.2, 0) is 6.67 Å². The summed E-state index contributed by atoms with van der Waals surface area (Å²) in [7, 11) is 0. The minimum atomic E-state index is -0.511. The molecule has 0 radical (unpaired) electrons. The molecule has 0 saturated carbocycles. The van der Waals surface area contributed by atoms with Gasteiger partial charge in [-0.2, -0.15) is 0 Å². The van der Waals surface area contributed by atoms with Gasteiger partial charge in [-0.05, 0) is 18.2 Å². The van der Waals surface area contributed by atoms with E-state index in [0.717, 1.165) is 5.75 Å². The second kappa shape index (κ2) is 4.60. The van der Waals surface area contributed by atoms with Crippen molar-refractivity contribution in [1.82, 2.24) is 0 Å². The van der Waals surface area contributed by atoms with Crippen molar-refractivity contribution in [3.63, 3.8) is 0 Å². The highest BCUT2D eigenvalue weighted by atomic mass is 19.1. The maximum Gasteiger partial charge on any atom is 0.133 e. The first-order valence-corrected chi connectivity index (χ1v) is 4.77. The second-order valence-corrected chi connectivity index (χ2v) is 3.16. The Labute approximate surface area is 88.1 Å². The summed E-state index contributed by atoms with van der Waals surface area (Å²) in [5.41, 5.74) is 0.571. The van der Waals surface area contributed by atoms with Crippen LogP contribution in [0, 0.1) is 0 Å². The molecule has 0 spiro atoms. The Morgan fingerprint density at radius 3 is 2.27 bits per heavy atom. The lowest BCUT2D eigenvalue weighted by atomic mass is 10.2. The predicted molar refractivity (Wildman–Crippen MR) is 57.8 cm³/mol. The van der Waals surface area contributed by atoms with Crippen molar-refractivity contribution in [1.29, 1.82) is 0 Å². The summed E-state index contributed by atoms with van der Waals surface area (Å²) in [5.74, 6) is 1.30. The third kappa shape index (κ3) is 2.34. The maximum absolute atomic E-state index is 12.6. The molecule has 0 aliphatic carbocycles. The van der Waals surface area contributed by atoms with Gasteiger partial charge in [0.25, 0.3) is 0 Å². The van der Waals surface area contributed by atoms with Crippen molar-refractivity contribution in [3.8, 4) is 11.5 Å². The zero-order valence-electron chi connectivity index (χ0n) is 8.19. The fourth-order valence-electron chi connectivity index (χ4n) is 1.33. The highest BCUT2D eigenvalue weighted by Gasteiger charge is 2.02. The lowest BCUT2D eigenvalue weighted by Gasteiger charge is -2.08. The van der Waals surface area contributed by atoms with Gasteiger partial charge in [-0.1, -0.05) is 36.4 Å². The van der Waals surface area contributed by atoms with E-state index in [9.17, 15) is 4.39 Å². The van der Waals surface area contributed by atoms with E-state index in [1.165, 1.54) is 0 Å². The molecule has 0 atom stereocenters. The standard InChI is InChI=1S/C13H11FO/c14-10-11-6-4-5-9-13(11)15-12-7-2-1-3-8-12/h1-9H,10H2. The Morgan fingerprint density at radius 2 is 1.53 bits per heavy atom. The molecule has 2 aromatic carbocycles. The van der Waals surface area contributed by atoms with E-state index in [1.807, 2.05) is 36.4 Å². The van der Waals surface area contributed by atoms with Gasteiger partial charge in [0, 0.05) is 5.56 Å². The van der Waals surface area contributed by atoms with Crippen molar-refractivity contribution >= 4 is 0 Å². The van der Waals surface area contributed by atoms with Crippen LogP contribution in [0.5, 0.6) is 11.5 Å². The second-order valence-electron chi connectivity index (χ2n) is 3.16. The summed E-state index contributed by atoms with van der Waals surface area (Å²) in [4.78, 5) is 0. The van der Waals surface area contributed by atoms with Crippen LogP contribution < -0.4 is 4.74 Å². The van der Waals surface area contributed by atoms with Gasteiger partial charge in [0.1, 0.15) is 18.2 Å². The third-order valence-electron chi connectivity index (χ3n) is 2.09. The quantitative estimate of drug-likeness (QED) is 0.732. The number of alkyl halides is 1. The predicted octanol–water partition coefficient (Wildman–Crippen LogP) is 3.95. The molecule has 2 heteroatoms. The molecule has 0 heterocycles. The first kappa shape index (κ1) is 9.71. The summed E-state index contributed by atoms with van der Waals surface area (Å²) < 4.78 is 18.2. The van der Waals surface area contributed by atoms with Gasteiger partial charge >= 0.3 is 0 Å². The number of hydrogen-bond acceptors (Lipinski definition) is 1. The fourth-order valence-corrected chi connectivity index (χ4v) is 1.33. The largest absolute Gasteiger partial charge is 0.457 e. The van der Waals surface area contributed by atoms with Crippen LogP contribution in [0.15, 0.2) is 54.6 Å². The molecule has 2 aromatic rings. The van der Waals surface area contributed by atoms with Crippen molar-refractivity contribution in [2.45, 2.75) is 6.67 Å². The minimum absolute atomic E-state index is 0.511. The van der Waals surface area contributed by atoms with E-state index in [2.05, 4.69) is 0 Å². The van der Waals surface area contributed by atoms with Crippen LogP contribution >= 0.6 is 0 Å². The summed E-state index contributed by atoms with van der Waals surface area (Å²) in [6.45, 7) is -0.511. The Kier molecular flexibility index (Phi) is 2.98. The molecule has 1 nitrogen and oxygen atoms in total. The highest BCUT2D eigenvalue weighted by molar-refractivity contribution is 5.37. The Morgan fingerprint density at radius 1 is 0.867 bits per heavy atom. The molecule has 0 unspecified atom stereocenters. The average Bonchev–Trinajstić information content (AvgIpc) is 2.31. The van der Waals surface area contributed by atoms with Crippen molar-refractivity contribution in [3.05, 3.63) is 60.2 Å². The number of rotatable bonds is 3. The highest BCUT2D eigenvalue weighted by Crippen LogP contribution is 2.25. The summed E-state index contributed by atoms with van der Waals surface area (Å²) in [6.07, 6.45) is 0. The fraction of sp³-hybridized carbons (Fsp3) is 0.0769. The molecular formula is C13H11FO. The number of benzene rings is 2. The first-order chi connectivity index (χ1) is 7.40. The van der Waals surface area contributed by atoms with E-state index < -0.39 is 6.67 Å². The summed E-state index contributed by atoms with van der Waals surface area (Å²) in [6, 6.07) is 16.5. The van der Waals surface area contributed by atoms with Gasteiger partial charge in [0.05, 0.1) is 0 Å². The van der Waals surface area contributed by atoms with Crippen molar-refractivity contribution < 1.29 is 9.13 Å². The molecule has 0 N–H and O–H groups in total. The van der Waals surface area contributed by atoms with Gasteiger partial charge < -0.3 is 4.74 Å². The molecule has 15 heavy (non-hydrogen) atoms. The number of ether oxygens (including phenoxy) is 1. The SMILES string of the molecule is FCc1ccccc1Oc1ccccc1. The van der Waals surface area contributed by atoms with Crippen LogP contribution in [0.4, 0.5) is 4.39 Å². The molecule has 0 aliphatic rings. The molecule has 0 saturated heterocycles. The topological polar surface area (TPSA) is 9.23 Å². The maximum atomic E-state index is 12.6. The molecule has 0 amide bonds. The minimum Gasteiger partial charge on any atom is -0.457 e. The molecule has 0 fully saturated rings. The van der Waals surface area contributed by atoms with Crippen LogP contribution in [0.1, 0.15) is 5.56 Å². The number of hydrogen-bond donors (Lipinski definition) is 0. The van der Waals surface area contributed by atoms with Crippen LogP contribution in [0.25, 0.3) is 0 Å². The summed E-state index contributed by atoms with van der Waals surface area (Å²) >= 11 is 0. The van der Waals surface area contributed by atoms with Crippen LogP contribution in [0.3, 0.4) is 0 Å². The van der Waals surface area contributed by atoms with Gasteiger partial charge in [-0.25, -0.2) is 4.39 Å². The normalized spacial score (nSPS) is 9.93. The monoisotopic (exact) mass is 202 g/mol. The van der Waals surface area contributed by atoms with Crippen molar-refractivity contribution in [2.75, 3.05) is 0 Å². The van der Waals surface area contributed by atoms with Crippen molar-refractivity contribution in [2.24, 2.45) is 0 Å². The van der Waals surface area contributed by atoms with Gasteiger partial charge in [-0.15, -0.1) is 0 Å². The van der Waals surface area contributed by atoms with Gasteiger partial charge in [0.15, 0.2) is 0 Å². The first-order valence-electron chi connectivity index (χ1n) is 4.77. The van der Waals surface area contributed by atoms with Crippen LogP contribution in [-0.4, -0.2) is 0 Å². The zero-order chi connectivity index (χ0) is 10.5. The Balaban J connectivity index is 2.24. The molecule has 76 valence electrons. The van der Waals surface area contributed by atoms with Crippen LogP contribution in [0.2, 0.25) is 0 Å².